The Morgan fingerprint density at radius 1 is 1.33 bits per heavy atom. The molecule has 0 bridgehead atoms. The van der Waals surface area contributed by atoms with Gasteiger partial charge in [-0.3, -0.25) is 4.79 Å². The van der Waals surface area contributed by atoms with Crippen LogP contribution in [0.1, 0.15) is 33.1 Å². The van der Waals surface area contributed by atoms with Crippen molar-refractivity contribution in [2.75, 3.05) is 6.54 Å². The lowest BCUT2D eigenvalue weighted by molar-refractivity contribution is -0.137. The van der Waals surface area contributed by atoms with Gasteiger partial charge >= 0.3 is 5.97 Å². The SMILES string of the molecule is CC(C)(CCNS(=O)(=O)c1cccc(Cl)c1)CCC(=O)O. The Labute approximate surface area is 130 Å². The number of carboxylic acids is 1. The number of sulfonamides is 1. The molecule has 1 aromatic carbocycles. The molecular weight excluding hydrogens is 314 g/mol. The highest BCUT2D eigenvalue weighted by Gasteiger charge is 2.21. The molecule has 0 aliphatic rings. The van der Waals surface area contributed by atoms with E-state index in [4.69, 9.17) is 16.7 Å². The summed E-state index contributed by atoms with van der Waals surface area (Å²) < 4.78 is 26.7. The van der Waals surface area contributed by atoms with Gasteiger partial charge in [-0.1, -0.05) is 31.5 Å². The van der Waals surface area contributed by atoms with Gasteiger partial charge in [-0.2, -0.15) is 0 Å². The zero-order valence-corrected chi connectivity index (χ0v) is 13.7. The van der Waals surface area contributed by atoms with Gasteiger partial charge in [-0.15, -0.1) is 0 Å². The quantitative estimate of drug-likeness (QED) is 0.766. The van der Waals surface area contributed by atoms with Crippen LogP contribution in [0.25, 0.3) is 0 Å². The molecule has 0 aliphatic heterocycles. The largest absolute Gasteiger partial charge is 0.481 e. The maximum Gasteiger partial charge on any atom is 0.303 e. The smallest absolute Gasteiger partial charge is 0.303 e. The first kappa shape index (κ1) is 17.9. The number of nitrogens with one attached hydrogen (secondary N) is 1. The minimum atomic E-state index is -3.59. The highest BCUT2D eigenvalue weighted by atomic mass is 35.5. The van der Waals surface area contributed by atoms with E-state index in [1.165, 1.54) is 12.1 Å². The van der Waals surface area contributed by atoms with Crippen LogP contribution >= 0.6 is 11.6 Å². The molecule has 0 atom stereocenters. The highest BCUT2D eigenvalue weighted by molar-refractivity contribution is 7.89. The molecule has 5 nitrogen and oxygen atoms in total. The molecule has 0 saturated carbocycles. The molecule has 1 aromatic rings. The molecule has 1 rings (SSSR count). The van der Waals surface area contributed by atoms with Crippen molar-refractivity contribution in [3.63, 3.8) is 0 Å². The Kier molecular flexibility index (Phi) is 6.19. The third-order valence-corrected chi connectivity index (χ3v) is 4.91. The summed E-state index contributed by atoms with van der Waals surface area (Å²) in [5.74, 6) is -0.845. The molecule has 0 heterocycles. The van der Waals surface area contributed by atoms with Gasteiger partial charge in [-0.05, 0) is 36.5 Å². The van der Waals surface area contributed by atoms with Gasteiger partial charge in [0.25, 0.3) is 0 Å². The minimum absolute atomic E-state index is 0.0774. The van der Waals surface area contributed by atoms with Crippen LogP contribution < -0.4 is 4.72 Å². The minimum Gasteiger partial charge on any atom is -0.481 e. The third-order valence-electron chi connectivity index (χ3n) is 3.22. The number of aliphatic carboxylic acids is 1. The first-order valence-corrected chi connectivity index (χ1v) is 8.46. The van der Waals surface area contributed by atoms with Crippen molar-refractivity contribution in [1.82, 2.24) is 4.72 Å². The average molecular weight is 334 g/mol. The fraction of sp³-hybridized carbons (Fsp3) is 0.500. The number of carbonyl (C=O) groups is 1. The summed E-state index contributed by atoms with van der Waals surface area (Å²) in [6, 6.07) is 6.05. The molecule has 118 valence electrons. The Hall–Kier alpha value is -1.11. The van der Waals surface area contributed by atoms with Crippen LogP contribution in [0.15, 0.2) is 29.2 Å². The lowest BCUT2D eigenvalue weighted by atomic mass is 9.84. The fourth-order valence-corrected chi connectivity index (χ4v) is 3.14. The molecule has 2 N–H and O–H groups in total. The summed E-state index contributed by atoms with van der Waals surface area (Å²) in [6.45, 7) is 4.09. The van der Waals surface area contributed by atoms with Gasteiger partial charge in [0, 0.05) is 18.0 Å². The van der Waals surface area contributed by atoms with Crippen LogP contribution in [0.4, 0.5) is 0 Å². The molecule has 0 unspecified atom stereocenters. The Morgan fingerprint density at radius 2 is 2.00 bits per heavy atom. The summed E-state index contributed by atoms with van der Waals surface area (Å²) in [6.07, 6.45) is 1.13. The van der Waals surface area contributed by atoms with Crippen molar-refractivity contribution in [2.24, 2.45) is 5.41 Å². The van der Waals surface area contributed by atoms with Crippen molar-refractivity contribution >= 4 is 27.6 Å². The number of benzene rings is 1. The van der Waals surface area contributed by atoms with E-state index in [-0.39, 0.29) is 23.3 Å². The summed E-state index contributed by atoms with van der Waals surface area (Å²) in [5.41, 5.74) is -0.241. The van der Waals surface area contributed by atoms with Gasteiger partial charge in [0.2, 0.25) is 10.0 Å². The lowest BCUT2D eigenvalue weighted by Crippen LogP contribution is -2.28. The number of carboxylic acid groups (broad SMARTS) is 1. The number of halogens is 1. The van der Waals surface area contributed by atoms with E-state index in [9.17, 15) is 13.2 Å². The van der Waals surface area contributed by atoms with Crippen LogP contribution in [-0.4, -0.2) is 26.0 Å². The first-order chi connectivity index (χ1) is 9.62. The van der Waals surface area contributed by atoms with Crippen molar-refractivity contribution in [3.05, 3.63) is 29.3 Å². The second-order valence-electron chi connectivity index (χ2n) is 5.66. The molecule has 0 saturated heterocycles. The van der Waals surface area contributed by atoms with Crippen LogP contribution in [0.3, 0.4) is 0 Å². The monoisotopic (exact) mass is 333 g/mol. The van der Waals surface area contributed by atoms with Crippen molar-refractivity contribution in [2.45, 2.75) is 38.0 Å². The van der Waals surface area contributed by atoms with Gasteiger partial charge in [-0.25, -0.2) is 13.1 Å². The summed E-state index contributed by atoms with van der Waals surface area (Å²) in [5, 5.41) is 9.04. The van der Waals surface area contributed by atoms with Crippen LogP contribution in [0.2, 0.25) is 5.02 Å². The molecule has 0 fully saturated rings. The lowest BCUT2D eigenvalue weighted by Gasteiger charge is -2.23. The Bertz CT molecular complexity index is 599. The van der Waals surface area contributed by atoms with E-state index in [2.05, 4.69) is 4.72 Å². The summed E-state index contributed by atoms with van der Waals surface area (Å²) in [4.78, 5) is 10.7. The van der Waals surface area contributed by atoms with E-state index < -0.39 is 16.0 Å². The van der Waals surface area contributed by atoms with Gasteiger partial charge < -0.3 is 5.11 Å². The fourth-order valence-electron chi connectivity index (χ4n) is 1.81. The summed E-state index contributed by atoms with van der Waals surface area (Å²) in [7, 11) is -3.59. The van der Waals surface area contributed by atoms with E-state index in [1.807, 2.05) is 13.8 Å². The maximum atomic E-state index is 12.1. The molecule has 0 spiro atoms. The normalized spacial score (nSPS) is 12.3. The van der Waals surface area contributed by atoms with Crippen LogP contribution in [-0.2, 0) is 14.8 Å². The van der Waals surface area contributed by atoms with Gasteiger partial charge in [0.1, 0.15) is 0 Å². The molecule has 7 heteroatoms. The summed E-state index contributed by atoms with van der Waals surface area (Å²) >= 11 is 5.78. The average Bonchev–Trinajstić information content (AvgIpc) is 2.36. The molecule has 0 aromatic heterocycles. The number of hydrogen-bond donors (Lipinski definition) is 2. The van der Waals surface area contributed by atoms with Crippen LogP contribution in [0.5, 0.6) is 0 Å². The Morgan fingerprint density at radius 3 is 2.57 bits per heavy atom. The van der Waals surface area contributed by atoms with Crippen LogP contribution in [0, 0.1) is 5.41 Å². The third kappa shape index (κ3) is 6.46. The molecule has 0 aliphatic carbocycles. The van der Waals surface area contributed by atoms with E-state index in [1.54, 1.807) is 12.1 Å². The second-order valence-corrected chi connectivity index (χ2v) is 7.87. The molecule has 21 heavy (non-hydrogen) atoms. The van der Waals surface area contributed by atoms with Crippen molar-refractivity contribution in [3.8, 4) is 0 Å². The van der Waals surface area contributed by atoms with E-state index >= 15 is 0 Å². The highest BCUT2D eigenvalue weighted by Crippen LogP contribution is 2.26. The molecular formula is C14H20ClNO4S. The zero-order valence-electron chi connectivity index (χ0n) is 12.1. The van der Waals surface area contributed by atoms with E-state index in [0.717, 1.165) is 0 Å². The topological polar surface area (TPSA) is 83.5 Å². The number of rotatable bonds is 8. The molecule has 0 amide bonds. The zero-order chi connectivity index (χ0) is 16.1. The predicted molar refractivity (Wildman–Crippen MR) is 81.9 cm³/mol. The maximum absolute atomic E-state index is 12.1. The second kappa shape index (κ2) is 7.24. The Balaban J connectivity index is 2.56. The van der Waals surface area contributed by atoms with Crippen molar-refractivity contribution in [1.29, 1.82) is 0 Å². The van der Waals surface area contributed by atoms with E-state index in [0.29, 0.717) is 17.9 Å². The standard InChI is InChI=1S/C14H20ClNO4S/c1-14(2,7-6-13(17)18)8-9-16-21(19,20)12-5-3-4-11(15)10-12/h3-5,10,16H,6-9H2,1-2H3,(H,17,18). The van der Waals surface area contributed by atoms with Gasteiger partial charge in [0.05, 0.1) is 4.90 Å². The predicted octanol–water partition coefficient (Wildman–Crippen LogP) is 2.90. The van der Waals surface area contributed by atoms with Gasteiger partial charge in [0.15, 0.2) is 0 Å². The molecule has 0 radical (unpaired) electrons. The first-order valence-electron chi connectivity index (χ1n) is 6.59. The number of hydrogen-bond acceptors (Lipinski definition) is 3. The van der Waals surface area contributed by atoms with Crippen molar-refractivity contribution < 1.29 is 18.3 Å².